The summed E-state index contributed by atoms with van der Waals surface area (Å²) in [6.07, 6.45) is -0.257. The molecular weight excluding hydrogens is 268 g/mol. The van der Waals surface area contributed by atoms with Gasteiger partial charge in [-0.15, -0.1) is 0 Å². The molecule has 0 saturated carbocycles. The molecule has 21 heavy (non-hydrogen) atoms. The number of nitrogens with zero attached hydrogens (tertiary/aromatic N) is 2. The summed E-state index contributed by atoms with van der Waals surface area (Å²) in [4.78, 5) is 12.2. The molecule has 3 heterocycles. The Hall–Kier alpha value is -2.76. The van der Waals surface area contributed by atoms with Gasteiger partial charge < -0.3 is 19.8 Å². The molecule has 0 spiro atoms. The molecule has 1 aliphatic heterocycles. The number of pyridine rings is 1. The van der Waals surface area contributed by atoms with E-state index in [1.54, 1.807) is 0 Å². The van der Waals surface area contributed by atoms with Gasteiger partial charge in [0.15, 0.2) is 29.1 Å². The molecule has 3 aromatic rings. The number of benzene rings is 1. The highest BCUT2D eigenvalue weighted by atomic mass is 16.6. The molecule has 0 amide bonds. The molecule has 2 N–H and O–H groups in total. The van der Waals surface area contributed by atoms with Crippen LogP contribution >= 0.6 is 0 Å². The maximum Gasteiger partial charge on any atom is 0.190 e. The minimum Gasteiger partial charge on any atom is -0.485 e. The lowest BCUT2D eigenvalue weighted by Gasteiger charge is -2.24. The lowest BCUT2D eigenvalue weighted by atomic mass is 10.2. The molecule has 2 aromatic heterocycles. The number of hydrogen-bond acceptors (Lipinski definition) is 5. The normalized spacial score (nSPS) is 16.9. The lowest BCUT2D eigenvalue weighted by molar-refractivity contribution is 0.0859. The van der Waals surface area contributed by atoms with Gasteiger partial charge in [-0.1, -0.05) is 12.1 Å². The van der Waals surface area contributed by atoms with Crippen molar-refractivity contribution in [3.05, 3.63) is 42.2 Å². The number of fused-ring (bicyclic) bond motifs is 2. The summed E-state index contributed by atoms with van der Waals surface area (Å²) in [7, 11) is 1.83. The minimum absolute atomic E-state index is 0.257. The van der Waals surface area contributed by atoms with Gasteiger partial charge in [-0.05, 0) is 24.3 Å². The Bertz CT molecular complexity index is 799. The summed E-state index contributed by atoms with van der Waals surface area (Å²) in [6, 6.07) is 11.5. The van der Waals surface area contributed by atoms with Crippen LogP contribution in [0.4, 0.5) is 5.82 Å². The number of imidazole rings is 1. The SMILES string of the molecule is CNc1ccc2[nH]c(C3COc4ccccc4O3)nc2n1. The van der Waals surface area contributed by atoms with Crippen LogP contribution in [0.3, 0.4) is 0 Å². The van der Waals surface area contributed by atoms with Gasteiger partial charge in [0, 0.05) is 7.05 Å². The molecule has 106 valence electrons. The summed E-state index contributed by atoms with van der Waals surface area (Å²) >= 11 is 0. The zero-order valence-electron chi connectivity index (χ0n) is 11.5. The van der Waals surface area contributed by atoms with E-state index in [1.165, 1.54) is 0 Å². The van der Waals surface area contributed by atoms with Crippen LogP contribution in [-0.4, -0.2) is 28.6 Å². The molecule has 1 atom stereocenters. The number of aromatic nitrogens is 3. The highest BCUT2D eigenvalue weighted by Crippen LogP contribution is 2.35. The van der Waals surface area contributed by atoms with Gasteiger partial charge in [0.25, 0.3) is 0 Å². The topological polar surface area (TPSA) is 72.1 Å². The Morgan fingerprint density at radius 2 is 2.00 bits per heavy atom. The van der Waals surface area contributed by atoms with Crippen LogP contribution in [0.2, 0.25) is 0 Å². The number of nitrogens with one attached hydrogen (secondary N) is 2. The number of anilines is 1. The van der Waals surface area contributed by atoms with Crippen molar-refractivity contribution in [2.24, 2.45) is 0 Å². The second kappa shape index (κ2) is 4.66. The van der Waals surface area contributed by atoms with Crippen LogP contribution in [0.15, 0.2) is 36.4 Å². The Labute approximate surface area is 121 Å². The average molecular weight is 282 g/mol. The van der Waals surface area contributed by atoms with Crippen molar-refractivity contribution in [1.29, 1.82) is 0 Å². The first-order chi connectivity index (χ1) is 10.3. The lowest BCUT2D eigenvalue weighted by Crippen LogP contribution is -2.22. The van der Waals surface area contributed by atoms with Gasteiger partial charge in [-0.25, -0.2) is 9.97 Å². The van der Waals surface area contributed by atoms with E-state index in [0.29, 0.717) is 12.3 Å². The van der Waals surface area contributed by atoms with E-state index in [1.807, 2.05) is 43.4 Å². The number of hydrogen-bond donors (Lipinski definition) is 2. The summed E-state index contributed by atoms with van der Waals surface area (Å²) < 4.78 is 11.7. The number of rotatable bonds is 2. The van der Waals surface area contributed by atoms with E-state index >= 15 is 0 Å². The first kappa shape index (κ1) is 12.0. The second-order valence-electron chi connectivity index (χ2n) is 4.80. The molecule has 6 heteroatoms. The van der Waals surface area contributed by atoms with Crippen LogP contribution in [0, 0.1) is 0 Å². The van der Waals surface area contributed by atoms with Crippen molar-refractivity contribution in [2.45, 2.75) is 6.10 Å². The average Bonchev–Trinajstić information content (AvgIpc) is 2.97. The molecule has 1 unspecified atom stereocenters. The highest BCUT2D eigenvalue weighted by Gasteiger charge is 2.25. The molecular formula is C15H14N4O2. The number of ether oxygens (including phenoxy) is 2. The zero-order chi connectivity index (χ0) is 14.2. The van der Waals surface area contributed by atoms with Crippen molar-refractivity contribution in [3.63, 3.8) is 0 Å². The third kappa shape index (κ3) is 2.05. The Kier molecular flexibility index (Phi) is 2.67. The minimum atomic E-state index is -0.257. The van der Waals surface area contributed by atoms with Gasteiger partial charge in [0.2, 0.25) is 0 Å². The first-order valence-electron chi connectivity index (χ1n) is 6.76. The van der Waals surface area contributed by atoms with Crippen molar-refractivity contribution in [1.82, 2.24) is 15.0 Å². The summed E-state index contributed by atoms with van der Waals surface area (Å²) in [5, 5.41) is 3.00. The van der Waals surface area contributed by atoms with Crippen molar-refractivity contribution in [3.8, 4) is 11.5 Å². The fourth-order valence-corrected chi connectivity index (χ4v) is 2.36. The Morgan fingerprint density at radius 1 is 1.14 bits per heavy atom. The summed E-state index contributed by atoms with van der Waals surface area (Å²) in [5.41, 5.74) is 1.55. The number of para-hydroxylation sites is 2. The highest BCUT2D eigenvalue weighted by molar-refractivity contribution is 5.73. The van der Waals surface area contributed by atoms with Gasteiger partial charge in [0.1, 0.15) is 12.4 Å². The molecule has 0 aliphatic carbocycles. The fourth-order valence-electron chi connectivity index (χ4n) is 2.36. The zero-order valence-corrected chi connectivity index (χ0v) is 11.5. The standard InChI is InChI=1S/C15H14N4O2/c1-16-13-7-6-9-14(18-13)19-15(17-9)12-8-20-10-4-2-3-5-11(10)21-12/h2-7,12H,8H2,1H3,(H2,16,17,18,19). The smallest absolute Gasteiger partial charge is 0.190 e. The molecule has 6 nitrogen and oxygen atoms in total. The molecule has 1 aromatic carbocycles. The largest absolute Gasteiger partial charge is 0.485 e. The van der Waals surface area contributed by atoms with Gasteiger partial charge in [0.05, 0.1) is 5.52 Å². The van der Waals surface area contributed by atoms with E-state index < -0.39 is 0 Å². The van der Waals surface area contributed by atoms with Crippen molar-refractivity contribution >= 4 is 17.0 Å². The van der Waals surface area contributed by atoms with E-state index in [4.69, 9.17) is 9.47 Å². The summed E-state index contributed by atoms with van der Waals surface area (Å²) in [6.45, 7) is 0.426. The molecule has 0 radical (unpaired) electrons. The number of H-pyrrole nitrogens is 1. The molecule has 0 saturated heterocycles. The third-order valence-corrected chi connectivity index (χ3v) is 3.43. The van der Waals surface area contributed by atoms with Crippen LogP contribution < -0.4 is 14.8 Å². The molecule has 4 rings (SSSR count). The predicted molar refractivity (Wildman–Crippen MR) is 78.7 cm³/mol. The van der Waals surface area contributed by atoms with Crippen LogP contribution in [-0.2, 0) is 0 Å². The van der Waals surface area contributed by atoms with Crippen molar-refractivity contribution in [2.75, 3.05) is 19.0 Å². The van der Waals surface area contributed by atoms with Gasteiger partial charge in [-0.2, -0.15) is 0 Å². The quantitative estimate of drug-likeness (QED) is 0.755. The maximum atomic E-state index is 5.94. The summed E-state index contributed by atoms with van der Waals surface area (Å²) in [5.74, 6) is 3.01. The second-order valence-corrected chi connectivity index (χ2v) is 4.80. The third-order valence-electron chi connectivity index (χ3n) is 3.43. The van der Waals surface area contributed by atoms with Crippen LogP contribution in [0.25, 0.3) is 11.2 Å². The Morgan fingerprint density at radius 3 is 2.86 bits per heavy atom. The first-order valence-corrected chi connectivity index (χ1v) is 6.76. The van der Waals surface area contributed by atoms with E-state index in [-0.39, 0.29) is 6.10 Å². The monoisotopic (exact) mass is 282 g/mol. The Balaban J connectivity index is 1.68. The van der Waals surface area contributed by atoms with Crippen LogP contribution in [0.1, 0.15) is 11.9 Å². The molecule has 0 fully saturated rings. The number of aromatic amines is 1. The van der Waals surface area contributed by atoms with E-state index in [9.17, 15) is 0 Å². The molecule has 1 aliphatic rings. The van der Waals surface area contributed by atoms with Crippen molar-refractivity contribution < 1.29 is 9.47 Å². The predicted octanol–water partition coefficient (Wildman–Crippen LogP) is 2.51. The van der Waals surface area contributed by atoms with E-state index in [0.717, 1.165) is 28.7 Å². The van der Waals surface area contributed by atoms with Gasteiger partial charge >= 0.3 is 0 Å². The van der Waals surface area contributed by atoms with E-state index in [2.05, 4.69) is 20.3 Å². The maximum absolute atomic E-state index is 5.94. The van der Waals surface area contributed by atoms with Gasteiger partial charge in [-0.3, -0.25) is 0 Å². The molecule has 0 bridgehead atoms. The van der Waals surface area contributed by atoms with Crippen LogP contribution in [0.5, 0.6) is 11.5 Å². The fraction of sp³-hybridized carbons (Fsp3) is 0.200.